The van der Waals surface area contributed by atoms with Gasteiger partial charge in [-0.1, -0.05) is 13.8 Å². The van der Waals surface area contributed by atoms with Crippen molar-refractivity contribution in [3.8, 4) is 28.5 Å². The first-order chi connectivity index (χ1) is 12.0. The first-order valence-electron chi connectivity index (χ1n) is 8.06. The van der Waals surface area contributed by atoms with Gasteiger partial charge in [0.25, 0.3) is 0 Å². The second-order valence-electron chi connectivity index (χ2n) is 6.16. The largest absolute Gasteiger partial charge is 0.508 e. The molecule has 0 radical (unpaired) electrons. The summed E-state index contributed by atoms with van der Waals surface area (Å²) in [7, 11) is 3.17. The predicted molar refractivity (Wildman–Crippen MR) is 98.4 cm³/mol. The lowest BCUT2D eigenvalue weighted by Gasteiger charge is -2.13. The van der Waals surface area contributed by atoms with Crippen molar-refractivity contribution in [3.05, 3.63) is 42.0 Å². The number of carbonyl (C=O) groups is 1. The zero-order chi connectivity index (χ0) is 18.1. The Hall–Kier alpha value is -2.95. The number of hydrogen-bond donors (Lipinski definition) is 1. The minimum atomic E-state index is 0.161. The average molecular weight is 339 g/mol. The molecule has 0 amide bonds. The highest BCUT2D eigenvalue weighted by atomic mass is 16.5. The number of hydrogen-bond acceptors (Lipinski definition) is 4. The van der Waals surface area contributed by atoms with Gasteiger partial charge in [-0.2, -0.15) is 0 Å². The fourth-order valence-corrected chi connectivity index (χ4v) is 3.30. The van der Waals surface area contributed by atoms with E-state index >= 15 is 0 Å². The van der Waals surface area contributed by atoms with Crippen molar-refractivity contribution in [1.82, 2.24) is 4.57 Å². The van der Waals surface area contributed by atoms with Crippen molar-refractivity contribution < 1.29 is 19.4 Å². The molecule has 0 unspecified atom stereocenters. The number of phenols is 1. The van der Waals surface area contributed by atoms with Crippen molar-refractivity contribution in [1.29, 1.82) is 0 Å². The Labute approximate surface area is 146 Å². The van der Waals surface area contributed by atoms with Crippen molar-refractivity contribution in [2.75, 3.05) is 14.2 Å². The van der Waals surface area contributed by atoms with Gasteiger partial charge in [0.15, 0.2) is 11.5 Å². The van der Waals surface area contributed by atoms with Gasteiger partial charge in [0.2, 0.25) is 6.41 Å². The van der Waals surface area contributed by atoms with E-state index in [0.29, 0.717) is 11.5 Å². The molecule has 1 aromatic heterocycles. The van der Waals surface area contributed by atoms with Crippen LogP contribution >= 0.6 is 0 Å². The van der Waals surface area contributed by atoms with Crippen LogP contribution in [0.4, 0.5) is 0 Å². The Balaban J connectivity index is 2.39. The van der Waals surface area contributed by atoms with Crippen LogP contribution in [0.25, 0.3) is 22.2 Å². The molecule has 5 nitrogen and oxygen atoms in total. The molecule has 0 atom stereocenters. The predicted octanol–water partition coefficient (Wildman–Crippen LogP) is 4.19. The van der Waals surface area contributed by atoms with Crippen LogP contribution in [0.2, 0.25) is 0 Å². The van der Waals surface area contributed by atoms with Crippen LogP contribution in [0.3, 0.4) is 0 Å². The summed E-state index contributed by atoms with van der Waals surface area (Å²) in [4.78, 5) is 11.9. The van der Waals surface area contributed by atoms with E-state index in [1.165, 1.54) is 0 Å². The number of ether oxygens (including phenoxy) is 2. The number of aromatic nitrogens is 1. The van der Waals surface area contributed by atoms with Gasteiger partial charge in [-0.15, -0.1) is 0 Å². The number of nitrogens with zero attached hydrogens (tertiary/aromatic N) is 1. The SMILES string of the molecule is COc1ccc(-c2c(C(C)C)c3cc(O)ccc3n2C=O)cc1OC. The molecule has 130 valence electrons. The van der Waals surface area contributed by atoms with Gasteiger partial charge in [-0.25, -0.2) is 0 Å². The maximum atomic E-state index is 11.9. The maximum Gasteiger partial charge on any atom is 0.218 e. The molecule has 25 heavy (non-hydrogen) atoms. The van der Waals surface area contributed by atoms with Crippen LogP contribution in [0.5, 0.6) is 17.2 Å². The summed E-state index contributed by atoms with van der Waals surface area (Å²) in [6.07, 6.45) is 0.803. The third-order valence-corrected chi connectivity index (χ3v) is 4.37. The molecule has 0 bridgehead atoms. The summed E-state index contributed by atoms with van der Waals surface area (Å²) in [5, 5.41) is 10.8. The summed E-state index contributed by atoms with van der Waals surface area (Å²) < 4.78 is 12.3. The van der Waals surface area contributed by atoms with Gasteiger partial charge in [-0.05, 0) is 47.9 Å². The Morgan fingerprint density at radius 2 is 1.76 bits per heavy atom. The summed E-state index contributed by atoms with van der Waals surface area (Å²) in [6, 6.07) is 10.6. The number of carbonyl (C=O) groups excluding carboxylic acids is 1. The van der Waals surface area contributed by atoms with Crippen molar-refractivity contribution >= 4 is 17.3 Å². The molecule has 1 heterocycles. The molecule has 2 aromatic carbocycles. The minimum Gasteiger partial charge on any atom is -0.508 e. The van der Waals surface area contributed by atoms with Gasteiger partial charge in [0.05, 0.1) is 25.4 Å². The molecule has 3 aromatic rings. The van der Waals surface area contributed by atoms with Gasteiger partial charge < -0.3 is 14.6 Å². The van der Waals surface area contributed by atoms with E-state index in [2.05, 4.69) is 13.8 Å². The Kier molecular flexibility index (Phi) is 4.40. The fourth-order valence-electron chi connectivity index (χ4n) is 3.30. The smallest absolute Gasteiger partial charge is 0.218 e. The quantitative estimate of drug-likeness (QED) is 0.708. The van der Waals surface area contributed by atoms with E-state index < -0.39 is 0 Å². The summed E-state index contributed by atoms with van der Waals surface area (Å²) in [6.45, 7) is 4.14. The molecule has 0 aliphatic carbocycles. The van der Waals surface area contributed by atoms with E-state index in [9.17, 15) is 9.90 Å². The van der Waals surface area contributed by atoms with Crippen LogP contribution in [0, 0.1) is 0 Å². The van der Waals surface area contributed by atoms with Crippen molar-refractivity contribution in [2.24, 2.45) is 0 Å². The van der Waals surface area contributed by atoms with Crippen LogP contribution in [0.1, 0.15) is 25.3 Å². The van der Waals surface area contributed by atoms with E-state index in [4.69, 9.17) is 9.47 Å². The van der Waals surface area contributed by atoms with Crippen molar-refractivity contribution in [2.45, 2.75) is 19.8 Å². The van der Waals surface area contributed by atoms with Gasteiger partial charge >= 0.3 is 0 Å². The van der Waals surface area contributed by atoms with Crippen LogP contribution < -0.4 is 9.47 Å². The Morgan fingerprint density at radius 1 is 1.04 bits per heavy atom. The number of aromatic hydroxyl groups is 1. The molecule has 0 aliphatic rings. The van der Waals surface area contributed by atoms with Gasteiger partial charge in [0.1, 0.15) is 5.75 Å². The lowest BCUT2D eigenvalue weighted by molar-refractivity contribution is 0.355. The second kappa shape index (κ2) is 6.51. The zero-order valence-corrected chi connectivity index (χ0v) is 14.7. The molecular weight excluding hydrogens is 318 g/mol. The number of phenolic OH excluding ortho intramolecular Hbond substituents is 1. The first kappa shape index (κ1) is 16.9. The topological polar surface area (TPSA) is 60.7 Å². The Morgan fingerprint density at radius 3 is 2.36 bits per heavy atom. The maximum absolute atomic E-state index is 11.9. The van der Waals surface area contributed by atoms with E-state index in [1.807, 2.05) is 18.2 Å². The lowest BCUT2D eigenvalue weighted by Crippen LogP contribution is -2.00. The van der Waals surface area contributed by atoms with E-state index in [0.717, 1.165) is 34.1 Å². The molecule has 0 spiro atoms. The van der Waals surface area contributed by atoms with E-state index in [1.54, 1.807) is 37.0 Å². The van der Waals surface area contributed by atoms with Gasteiger partial charge in [-0.3, -0.25) is 9.36 Å². The highest BCUT2D eigenvalue weighted by molar-refractivity contribution is 5.98. The molecule has 3 rings (SSSR count). The lowest BCUT2D eigenvalue weighted by atomic mass is 9.96. The third kappa shape index (κ3) is 2.71. The number of methoxy groups -OCH3 is 2. The second-order valence-corrected chi connectivity index (χ2v) is 6.16. The summed E-state index contributed by atoms with van der Waals surface area (Å²) in [5.41, 5.74) is 3.42. The normalized spacial score (nSPS) is 11.1. The molecule has 5 heteroatoms. The third-order valence-electron chi connectivity index (χ3n) is 4.37. The fraction of sp³-hybridized carbons (Fsp3) is 0.250. The Bertz CT molecular complexity index is 941. The first-order valence-corrected chi connectivity index (χ1v) is 8.06. The van der Waals surface area contributed by atoms with Crippen LogP contribution in [-0.4, -0.2) is 30.3 Å². The number of benzene rings is 2. The molecule has 0 aliphatic heterocycles. The molecule has 1 N–H and O–H groups in total. The summed E-state index contributed by atoms with van der Waals surface area (Å²) >= 11 is 0. The van der Waals surface area contributed by atoms with E-state index in [-0.39, 0.29) is 11.7 Å². The van der Waals surface area contributed by atoms with Crippen LogP contribution in [0.15, 0.2) is 36.4 Å². The minimum absolute atomic E-state index is 0.161. The monoisotopic (exact) mass is 339 g/mol. The summed E-state index contributed by atoms with van der Waals surface area (Å²) in [5.74, 6) is 1.56. The van der Waals surface area contributed by atoms with Gasteiger partial charge in [0, 0.05) is 10.9 Å². The highest BCUT2D eigenvalue weighted by Crippen LogP contribution is 2.41. The molecule has 0 saturated heterocycles. The molecule has 0 fully saturated rings. The standard InChI is InChI=1S/C20H21NO4/c1-12(2)19-15-10-14(23)6-7-16(15)21(11-22)20(19)13-5-8-17(24-3)18(9-13)25-4/h5-12,23H,1-4H3. The van der Waals surface area contributed by atoms with Crippen LogP contribution in [-0.2, 0) is 4.79 Å². The zero-order valence-electron chi connectivity index (χ0n) is 14.7. The number of fused-ring (bicyclic) bond motifs is 1. The average Bonchev–Trinajstić information content (AvgIpc) is 2.94. The molecular formula is C20H21NO4. The highest BCUT2D eigenvalue weighted by Gasteiger charge is 2.22. The van der Waals surface area contributed by atoms with Crippen molar-refractivity contribution in [3.63, 3.8) is 0 Å². The molecule has 0 saturated carbocycles. The number of rotatable bonds is 5.